The zero-order valence-corrected chi connectivity index (χ0v) is 16.6. The van der Waals surface area contributed by atoms with Gasteiger partial charge in [-0.2, -0.15) is 0 Å². The van der Waals surface area contributed by atoms with Crippen LogP contribution in [0.4, 0.5) is 5.69 Å². The maximum Gasteiger partial charge on any atom is 0.229 e. The number of fused-ring (bicyclic) bond motifs is 1. The van der Waals surface area contributed by atoms with Crippen LogP contribution in [0.1, 0.15) is 0 Å². The van der Waals surface area contributed by atoms with Gasteiger partial charge in [0.25, 0.3) is 0 Å². The first-order valence-electron chi connectivity index (χ1n) is 8.63. The molecular formula is C22H17ClN2O2S. The molecule has 1 heterocycles. The van der Waals surface area contributed by atoms with Gasteiger partial charge in [0.2, 0.25) is 10.0 Å². The van der Waals surface area contributed by atoms with Crippen molar-refractivity contribution in [2.45, 2.75) is 0 Å². The van der Waals surface area contributed by atoms with Crippen molar-refractivity contribution in [3.63, 3.8) is 0 Å². The van der Waals surface area contributed by atoms with E-state index in [-0.39, 0.29) is 0 Å². The van der Waals surface area contributed by atoms with Crippen LogP contribution in [0.15, 0.2) is 78.9 Å². The van der Waals surface area contributed by atoms with Gasteiger partial charge in [0.15, 0.2) is 0 Å². The largest absolute Gasteiger partial charge is 0.284 e. The molecule has 0 aliphatic rings. The Hall–Kier alpha value is -2.89. The third-order valence-corrected chi connectivity index (χ3v) is 5.18. The molecule has 4 aromatic rings. The summed E-state index contributed by atoms with van der Waals surface area (Å²) in [4.78, 5) is 4.78. The van der Waals surface area contributed by atoms with Gasteiger partial charge in [0.1, 0.15) is 0 Å². The molecule has 0 aliphatic heterocycles. The van der Waals surface area contributed by atoms with E-state index in [1.54, 1.807) is 12.1 Å². The first-order chi connectivity index (χ1) is 13.4. The Labute approximate surface area is 168 Å². The van der Waals surface area contributed by atoms with Gasteiger partial charge in [0.05, 0.1) is 17.5 Å². The Balaban J connectivity index is 1.85. The molecule has 0 bridgehead atoms. The smallest absolute Gasteiger partial charge is 0.229 e. The summed E-state index contributed by atoms with van der Waals surface area (Å²) in [6.07, 6.45) is 1.13. The van der Waals surface area contributed by atoms with Crippen LogP contribution in [0, 0.1) is 0 Å². The number of halogens is 1. The number of anilines is 1. The molecular weight excluding hydrogens is 392 g/mol. The van der Waals surface area contributed by atoms with E-state index in [9.17, 15) is 8.42 Å². The molecule has 28 heavy (non-hydrogen) atoms. The molecule has 0 unspecified atom stereocenters. The summed E-state index contributed by atoms with van der Waals surface area (Å²) in [7, 11) is -3.31. The molecule has 0 spiro atoms. The molecule has 4 nitrogen and oxygen atoms in total. The summed E-state index contributed by atoms with van der Waals surface area (Å²) >= 11 is 6.22. The molecule has 140 valence electrons. The highest BCUT2D eigenvalue weighted by Gasteiger charge is 2.11. The fraction of sp³-hybridized carbons (Fsp3) is 0.0455. The van der Waals surface area contributed by atoms with Crippen LogP contribution in [-0.2, 0) is 10.0 Å². The molecule has 1 N–H and O–H groups in total. The number of pyridine rings is 1. The lowest BCUT2D eigenvalue weighted by atomic mass is 9.98. The van der Waals surface area contributed by atoms with Crippen LogP contribution < -0.4 is 4.72 Å². The zero-order valence-electron chi connectivity index (χ0n) is 15.1. The van der Waals surface area contributed by atoms with Crippen LogP contribution in [0.2, 0.25) is 5.02 Å². The summed E-state index contributed by atoms with van der Waals surface area (Å²) in [5.74, 6) is 0. The minimum atomic E-state index is -3.31. The van der Waals surface area contributed by atoms with Gasteiger partial charge in [-0.25, -0.2) is 13.4 Å². The Kier molecular flexibility index (Phi) is 4.79. The molecule has 6 heteroatoms. The average Bonchev–Trinajstić information content (AvgIpc) is 2.67. The van der Waals surface area contributed by atoms with Crippen LogP contribution in [0.3, 0.4) is 0 Å². The van der Waals surface area contributed by atoms with Gasteiger partial charge in [-0.3, -0.25) is 4.72 Å². The third kappa shape index (κ3) is 4.01. The second-order valence-corrected chi connectivity index (χ2v) is 8.72. The highest BCUT2D eigenvalue weighted by molar-refractivity contribution is 7.92. The average molecular weight is 409 g/mol. The lowest BCUT2D eigenvalue weighted by Crippen LogP contribution is -2.09. The zero-order chi connectivity index (χ0) is 19.7. The molecule has 0 radical (unpaired) electrons. The van der Waals surface area contributed by atoms with Crippen LogP contribution >= 0.6 is 11.6 Å². The Morgan fingerprint density at radius 2 is 1.57 bits per heavy atom. The van der Waals surface area contributed by atoms with E-state index in [2.05, 4.69) is 16.9 Å². The fourth-order valence-corrected chi connectivity index (χ4v) is 3.86. The minimum absolute atomic E-state index is 0.516. The molecule has 0 saturated carbocycles. The SMILES string of the molecule is CS(=O)(=O)Nc1ccc(-c2cc(-c3ccccc3)c3cc(Cl)ccc3n2)cc1. The van der Waals surface area contributed by atoms with E-state index in [4.69, 9.17) is 16.6 Å². The number of hydrogen-bond donors (Lipinski definition) is 1. The quantitative estimate of drug-likeness (QED) is 0.478. The van der Waals surface area contributed by atoms with E-state index < -0.39 is 10.0 Å². The molecule has 0 atom stereocenters. The molecule has 0 fully saturated rings. The van der Waals surface area contributed by atoms with Crippen molar-refractivity contribution < 1.29 is 8.42 Å². The number of nitrogens with zero attached hydrogens (tertiary/aromatic N) is 1. The summed E-state index contributed by atoms with van der Waals surface area (Å²) in [6.45, 7) is 0. The van der Waals surface area contributed by atoms with Crippen molar-refractivity contribution in [3.8, 4) is 22.4 Å². The first kappa shape index (κ1) is 18.5. The van der Waals surface area contributed by atoms with Gasteiger partial charge in [-0.15, -0.1) is 0 Å². The van der Waals surface area contributed by atoms with Crippen molar-refractivity contribution in [3.05, 3.63) is 83.9 Å². The second kappa shape index (κ2) is 7.26. The van der Waals surface area contributed by atoms with E-state index in [0.29, 0.717) is 10.7 Å². The lowest BCUT2D eigenvalue weighted by Gasteiger charge is -2.11. The van der Waals surface area contributed by atoms with Crippen LogP contribution in [0.25, 0.3) is 33.3 Å². The van der Waals surface area contributed by atoms with Crippen molar-refractivity contribution >= 4 is 38.2 Å². The number of benzene rings is 3. The maximum atomic E-state index is 11.4. The number of rotatable bonds is 4. The Morgan fingerprint density at radius 1 is 0.857 bits per heavy atom. The van der Waals surface area contributed by atoms with Gasteiger partial charge in [-0.05, 0) is 47.5 Å². The van der Waals surface area contributed by atoms with Gasteiger partial charge in [0, 0.05) is 21.7 Å². The summed E-state index contributed by atoms with van der Waals surface area (Å²) < 4.78 is 25.3. The highest BCUT2D eigenvalue weighted by atomic mass is 35.5. The summed E-state index contributed by atoms with van der Waals surface area (Å²) in [6, 6.07) is 24.9. The Morgan fingerprint density at radius 3 is 2.25 bits per heavy atom. The van der Waals surface area contributed by atoms with E-state index in [0.717, 1.165) is 39.5 Å². The Bertz CT molecular complexity index is 1260. The normalized spacial score (nSPS) is 11.5. The van der Waals surface area contributed by atoms with E-state index in [1.165, 1.54) is 0 Å². The van der Waals surface area contributed by atoms with Crippen LogP contribution in [0.5, 0.6) is 0 Å². The number of hydrogen-bond acceptors (Lipinski definition) is 3. The van der Waals surface area contributed by atoms with E-state index in [1.807, 2.05) is 54.6 Å². The van der Waals surface area contributed by atoms with Crippen molar-refractivity contribution in [1.29, 1.82) is 0 Å². The monoisotopic (exact) mass is 408 g/mol. The highest BCUT2D eigenvalue weighted by Crippen LogP contribution is 2.33. The molecule has 0 amide bonds. The third-order valence-electron chi connectivity index (χ3n) is 4.34. The maximum absolute atomic E-state index is 11.4. The molecule has 1 aromatic heterocycles. The van der Waals surface area contributed by atoms with Crippen LogP contribution in [-0.4, -0.2) is 19.7 Å². The van der Waals surface area contributed by atoms with Crippen molar-refractivity contribution in [1.82, 2.24) is 4.98 Å². The summed E-state index contributed by atoms with van der Waals surface area (Å²) in [5.41, 5.74) is 5.18. The number of sulfonamides is 1. The molecule has 3 aromatic carbocycles. The van der Waals surface area contributed by atoms with Gasteiger partial charge >= 0.3 is 0 Å². The fourth-order valence-electron chi connectivity index (χ4n) is 3.13. The molecule has 4 rings (SSSR count). The number of aromatic nitrogens is 1. The van der Waals surface area contributed by atoms with E-state index >= 15 is 0 Å². The first-order valence-corrected chi connectivity index (χ1v) is 10.9. The van der Waals surface area contributed by atoms with Gasteiger partial charge < -0.3 is 0 Å². The molecule has 0 saturated heterocycles. The lowest BCUT2D eigenvalue weighted by molar-refractivity contribution is 0.607. The predicted molar refractivity (Wildman–Crippen MR) is 116 cm³/mol. The topological polar surface area (TPSA) is 59.1 Å². The molecule has 0 aliphatic carbocycles. The standard InChI is InChI=1S/C22H17ClN2O2S/c1-28(26,27)25-18-10-7-16(8-11-18)22-14-19(15-5-3-2-4-6-15)20-13-17(23)9-12-21(20)24-22/h2-14,25H,1H3. The second-order valence-electron chi connectivity index (χ2n) is 6.53. The summed E-state index contributed by atoms with van der Waals surface area (Å²) in [5, 5.41) is 1.65. The predicted octanol–water partition coefficient (Wildman–Crippen LogP) is 5.59. The number of nitrogens with one attached hydrogen (secondary N) is 1. The van der Waals surface area contributed by atoms with Crippen molar-refractivity contribution in [2.75, 3.05) is 11.0 Å². The minimum Gasteiger partial charge on any atom is -0.284 e. The van der Waals surface area contributed by atoms with Gasteiger partial charge in [-0.1, -0.05) is 54.1 Å². The van der Waals surface area contributed by atoms with Crippen molar-refractivity contribution in [2.24, 2.45) is 0 Å².